The molecule has 0 atom stereocenters. The SMILES string of the molecule is Cc1cc(P(c2ccc(C(F)(F)F)c(C)c2)c2ccc(C(F)(F)F)c(C)c2)ccc1C(F)(F)F. The van der Waals surface area contributed by atoms with Crippen LogP contribution >= 0.6 is 7.92 Å². The Hall–Kier alpha value is -2.54. The summed E-state index contributed by atoms with van der Waals surface area (Å²) in [5.74, 6) is 0. The second-order valence-electron chi connectivity index (χ2n) is 7.83. The van der Waals surface area contributed by atoms with Gasteiger partial charge in [0.2, 0.25) is 0 Å². The molecule has 0 aromatic heterocycles. The Bertz CT molecular complexity index is 1050. The molecule has 0 radical (unpaired) electrons. The lowest BCUT2D eigenvalue weighted by Crippen LogP contribution is -2.24. The summed E-state index contributed by atoms with van der Waals surface area (Å²) in [7, 11) is -1.74. The summed E-state index contributed by atoms with van der Waals surface area (Å²) in [5, 5.41) is 1.12. The molecule has 3 rings (SSSR count). The van der Waals surface area contributed by atoms with Crippen LogP contribution in [0, 0.1) is 20.8 Å². The molecule has 182 valence electrons. The Balaban J connectivity index is 2.23. The third-order valence-corrected chi connectivity index (χ3v) is 7.70. The average Bonchev–Trinajstić information content (AvgIpc) is 2.65. The second-order valence-corrected chi connectivity index (χ2v) is 10.0. The van der Waals surface area contributed by atoms with E-state index in [0.29, 0.717) is 15.9 Å². The van der Waals surface area contributed by atoms with E-state index in [1.165, 1.54) is 57.2 Å². The van der Waals surface area contributed by atoms with Gasteiger partial charge < -0.3 is 0 Å². The summed E-state index contributed by atoms with van der Waals surface area (Å²) in [6.07, 6.45) is -13.8. The summed E-state index contributed by atoms with van der Waals surface area (Å²) < 4.78 is 119. The maximum absolute atomic E-state index is 13.2. The van der Waals surface area contributed by atoms with Crippen LogP contribution in [0.5, 0.6) is 0 Å². The number of aryl methyl sites for hydroxylation is 3. The second kappa shape index (κ2) is 8.91. The van der Waals surface area contributed by atoms with Crippen molar-refractivity contribution >= 4 is 23.8 Å². The lowest BCUT2D eigenvalue weighted by Gasteiger charge is -2.23. The van der Waals surface area contributed by atoms with E-state index < -0.39 is 43.1 Å². The van der Waals surface area contributed by atoms with Crippen molar-refractivity contribution in [2.24, 2.45) is 0 Å². The highest BCUT2D eigenvalue weighted by molar-refractivity contribution is 7.79. The van der Waals surface area contributed by atoms with Gasteiger partial charge in [0.15, 0.2) is 0 Å². The summed E-state index contributed by atoms with van der Waals surface area (Å²) in [4.78, 5) is 0. The van der Waals surface area contributed by atoms with Gasteiger partial charge >= 0.3 is 18.5 Å². The molecule has 0 saturated carbocycles. The summed E-state index contributed by atoms with van der Waals surface area (Å²) >= 11 is 0. The number of rotatable bonds is 3. The molecule has 0 unspecified atom stereocenters. The molecule has 3 aromatic carbocycles. The predicted octanol–water partition coefficient (Wildman–Crippen LogP) is 7.43. The van der Waals surface area contributed by atoms with Crippen LogP contribution in [0.3, 0.4) is 0 Å². The van der Waals surface area contributed by atoms with Crippen molar-refractivity contribution in [3.05, 3.63) is 88.0 Å². The standard InChI is InChI=1S/C24H18F9P/c1-13-10-16(4-7-19(13)22(25,26)27)34(17-5-8-20(14(2)11-17)23(28,29)30)18-6-9-21(15(3)12-18)24(31,32)33/h4-12H,1-3H3. The average molecular weight is 508 g/mol. The minimum atomic E-state index is -4.60. The fourth-order valence-electron chi connectivity index (χ4n) is 3.76. The molecule has 10 heteroatoms. The van der Waals surface area contributed by atoms with Gasteiger partial charge in [-0.2, -0.15) is 39.5 Å². The van der Waals surface area contributed by atoms with Crippen molar-refractivity contribution in [2.45, 2.75) is 39.3 Å². The first-order valence-electron chi connectivity index (χ1n) is 9.84. The Morgan fingerprint density at radius 3 is 0.853 bits per heavy atom. The molecular weight excluding hydrogens is 490 g/mol. The van der Waals surface area contributed by atoms with E-state index in [-0.39, 0.29) is 16.7 Å². The predicted molar refractivity (Wildman–Crippen MR) is 114 cm³/mol. The Morgan fingerprint density at radius 1 is 0.441 bits per heavy atom. The zero-order valence-corrected chi connectivity index (χ0v) is 18.9. The van der Waals surface area contributed by atoms with Gasteiger partial charge in [0.05, 0.1) is 16.7 Å². The molecule has 0 nitrogen and oxygen atoms in total. The van der Waals surface area contributed by atoms with Crippen molar-refractivity contribution in [1.82, 2.24) is 0 Å². The normalized spacial score (nSPS) is 13.0. The Morgan fingerprint density at radius 2 is 0.676 bits per heavy atom. The zero-order valence-electron chi connectivity index (χ0n) is 18.0. The molecule has 0 amide bonds. The van der Waals surface area contributed by atoms with Crippen molar-refractivity contribution in [3.8, 4) is 0 Å². The summed E-state index contributed by atoms with van der Waals surface area (Å²) in [6.45, 7) is 3.78. The largest absolute Gasteiger partial charge is 0.416 e. The maximum atomic E-state index is 13.2. The van der Waals surface area contributed by atoms with E-state index >= 15 is 0 Å². The molecule has 3 aromatic rings. The van der Waals surface area contributed by atoms with Crippen LogP contribution in [0.25, 0.3) is 0 Å². The molecule has 0 saturated heterocycles. The highest BCUT2D eigenvalue weighted by atomic mass is 31.1. The van der Waals surface area contributed by atoms with Crippen LogP contribution in [0.15, 0.2) is 54.6 Å². The minimum absolute atomic E-state index is 0.0928. The molecule has 0 fully saturated rings. The van der Waals surface area contributed by atoms with Crippen molar-refractivity contribution < 1.29 is 39.5 Å². The topological polar surface area (TPSA) is 0 Å². The third-order valence-electron chi connectivity index (χ3n) is 5.32. The highest BCUT2D eigenvalue weighted by Crippen LogP contribution is 2.40. The van der Waals surface area contributed by atoms with Crippen LogP contribution in [0.1, 0.15) is 33.4 Å². The number of hydrogen-bond donors (Lipinski definition) is 0. The Kier molecular flexibility index (Phi) is 6.83. The molecule has 0 N–H and O–H groups in total. The molecule has 0 aliphatic rings. The van der Waals surface area contributed by atoms with E-state index in [1.807, 2.05) is 0 Å². The Labute approximate surface area is 191 Å². The van der Waals surface area contributed by atoms with Gasteiger partial charge in [-0.25, -0.2) is 0 Å². The zero-order chi connectivity index (χ0) is 25.6. The third kappa shape index (κ3) is 5.40. The first-order chi connectivity index (χ1) is 15.5. The molecule has 0 aliphatic carbocycles. The van der Waals surface area contributed by atoms with Gasteiger partial charge in [-0.3, -0.25) is 0 Å². The first-order valence-corrected chi connectivity index (χ1v) is 11.2. The van der Waals surface area contributed by atoms with Gasteiger partial charge in [0.1, 0.15) is 0 Å². The van der Waals surface area contributed by atoms with Crippen LogP contribution in [-0.4, -0.2) is 0 Å². The van der Waals surface area contributed by atoms with Gasteiger partial charge in [-0.15, -0.1) is 0 Å². The van der Waals surface area contributed by atoms with E-state index in [9.17, 15) is 39.5 Å². The van der Waals surface area contributed by atoms with Crippen LogP contribution in [0.2, 0.25) is 0 Å². The van der Waals surface area contributed by atoms with Crippen LogP contribution in [0.4, 0.5) is 39.5 Å². The molecule has 0 aliphatic heterocycles. The van der Waals surface area contributed by atoms with E-state index in [4.69, 9.17) is 0 Å². The van der Waals surface area contributed by atoms with E-state index in [1.54, 1.807) is 0 Å². The number of hydrogen-bond acceptors (Lipinski definition) is 0. The first kappa shape index (κ1) is 26.1. The minimum Gasteiger partial charge on any atom is -0.166 e. The quantitative estimate of drug-likeness (QED) is 0.255. The lowest BCUT2D eigenvalue weighted by molar-refractivity contribution is -0.138. The smallest absolute Gasteiger partial charge is 0.166 e. The van der Waals surface area contributed by atoms with Gasteiger partial charge in [-0.1, -0.05) is 36.4 Å². The fourth-order valence-corrected chi connectivity index (χ4v) is 6.30. The monoisotopic (exact) mass is 508 g/mol. The van der Waals surface area contributed by atoms with Gasteiger partial charge in [0, 0.05) is 0 Å². The fraction of sp³-hybridized carbons (Fsp3) is 0.250. The molecule has 0 spiro atoms. The highest BCUT2D eigenvalue weighted by Gasteiger charge is 2.35. The summed E-state index contributed by atoms with van der Waals surface area (Å²) in [6, 6.07) is 10.2. The molecule has 0 bridgehead atoms. The van der Waals surface area contributed by atoms with E-state index in [2.05, 4.69) is 0 Å². The van der Waals surface area contributed by atoms with Crippen molar-refractivity contribution in [2.75, 3.05) is 0 Å². The van der Waals surface area contributed by atoms with E-state index in [0.717, 1.165) is 18.2 Å². The van der Waals surface area contributed by atoms with Crippen LogP contribution in [-0.2, 0) is 18.5 Å². The van der Waals surface area contributed by atoms with Gasteiger partial charge in [0.25, 0.3) is 0 Å². The number of halogens is 9. The van der Waals surface area contributed by atoms with Crippen molar-refractivity contribution in [3.63, 3.8) is 0 Å². The van der Waals surface area contributed by atoms with Crippen molar-refractivity contribution in [1.29, 1.82) is 0 Å². The maximum Gasteiger partial charge on any atom is 0.416 e. The molecule has 34 heavy (non-hydrogen) atoms. The molecular formula is C24H18F9P. The molecule has 0 heterocycles. The summed E-state index contributed by atoms with van der Waals surface area (Å²) in [5.41, 5.74) is -2.87. The number of benzene rings is 3. The lowest BCUT2D eigenvalue weighted by atomic mass is 10.1. The van der Waals surface area contributed by atoms with Gasteiger partial charge in [-0.05, 0) is 79.5 Å². The number of alkyl halides is 9. The van der Waals surface area contributed by atoms with Crippen LogP contribution < -0.4 is 15.9 Å².